The molecule has 6 heteroatoms. The van der Waals surface area contributed by atoms with Gasteiger partial charge in [-0.25, -0.2) is 9.37 Å². The second kappa shape index (κ2) is 5.77. The number of carbonyl (C=O) groups is 1. The average molecular weight is 315 g/mol. The minimum absolute atomic E-state index is 0.0174. The Labute approximate surface area is 133 Å². The molecule has 120 valence electrons. The van der Waals surface area contributed by atoms with Gasteiger partial charge in [0.05, 0.1) is 11.8 Å². The molecule has 2 bridgehead atoms. The van der Waals surface area contributed by atoms with Crippen molar-refractivity contribution in [3.05, 3.63) is 42.2 Å². The monoisotopic (exact) mass is 315 g/mol. The van der Waals surface area contributed by atoms with Crippen LogP contribution in [-0.4, -0.2) is 41.5 Å². The first-order valence-corrected chi connectivity index (χ1v) is 7.93. The summed E-state index contributed by atoms with van der Waals surface area (Å²) in [6, 6.07) is 6.41. The van der Waals surface area contributed by atoms with Crippen molar-refractivity contribution in [2.75, 3.05) is 19.6 Å². The van der Waals surface area contributed by atoms with Gasteiger partial charge in [0.1, 0.15) is 5.82 Å². The Morgan fingerprint density at radius 2 is 2.22 bits per heavy atom. The lowest BCUT2D eigenvalue weighted by atomic mass is 9.97. The molecule has 0 spiro atoms. The maximum atomic E-state index is 13.8. The molecule has 0 saturated carbocycles. The smallest absolute Gasteiger partial charge is 0.307 e. The lowest BCUT2D eigenvalue weighted by molar-refractivity contribution is 0.0875. The Morgan fingerprint density at radius 3 is 3.04 bits per heavy atom. The third-order valence-corrected chi connectivity index (χ3v) is 4.64. The fourth-order valence-electron chi connectivity index (χ4n) is 3.58. The number of fused-ring (bicyclic) bond motifs is 2. The number of hydrogen-bond acceptors (Lipinski definition) is 4. The van der Waals surface area contributed by atoms with Gasteiger partial charge in [-0.15, -0.1) is 0 Å². The zero-order chi connectivity index (χ0) is 15.8. The van der Waals surface area contributed by atoms with Crippen LogP contribution in [0.15, 0.2) is 34.9 Å². The first-order chi connectivity index (χ1) is 11.2. The molecule has 3 unspecified atom stereocenters. The summed E-state index contributed by atoms with van der Waals surface area (Å²) in [6.07, 6.45) is 3.60. The normalized spacial score (nSPS) is 26.2. The van der Waals surface area contributed by atoms with Crippen LogP contribution in [-0.2, 0) is 0 Å². The molecule has 2 aromatic rings. The molecule has 5 nitrogen and oxygen atoms in total. The van der Waals surface area contributed by atoms with E-state index in [9.17, 15) is 9.18 Å². The van der Waals surface area contributed by atoms with Crippen molar-refractivity contribution in [2.45, 2.75) is 18.9 Å². The summed E-state index contributed by atoms with van der Waals surface area (Å²) < 4.78 is 19.2. The van der Waals surface area contributed by atoms with Crippen molar-refractivity contribution in [2.24, 2.45) is 5.92 Å². The Morgan fingerprint density at radius 1 is 1.35 bits per heavy atom. The molecule has 2 saturated heterocycles. The summed E-state index contributed by atoms with van der Waals surface area (Å²) in [5.41, 5.74) is 0.306. The molecule has 0 aliphatic carbocycles. The standard InChI is InChI=1S/C17H18FN3O2/c18-14-4-2-1-3-13(14)15-8-19-17(23-15)16(22)20-12-7-11-5-6-21(9-11)10-12/h1-4,8,11-12H,5-7,9-10H2,(H,20,22). The third kappa shape index (κ3) is 2.86. The summed E-state index contributed by atoms with van der Waals surface area (Å²) in [5.74, 6) is 0.192. The van der Waals surface area contributed by atoms with Crippen molar-refractivity contribution in [1.82, 2.24) is 15.2 Å². The first kappa shape index (κ1) is 14.4. The Balaban J connectivity index is 1.46. The highest BCUT2D eigenvalue weighted by Gasteiger charge is 2.33. The SMILES string of the molecule is O=C(NC1CC2CCN(C2)C1)c1ncc(-c2ccccc2F)o1. The molecule has 3 heterocycles. The van der Waals surface area contributed by atoms with E-state index < -0.39 is 5.82 Å². The van der Waals surface area contributed by atoms with Crippen LogP contribution in [0, 0.1) is 11.7 Å². The number of benzene rings is 1. The minimum Gasteiger partial charge on any atom is -0.432 e. The number of nitrogens with one attached hydrogen (secondary N) is 1. The predicted molar refractivity (Wildman–Crippen MR) is 82.3 cm³/mol. The van der Waals surface area contributed by atoms with Crippen LogP contribution in [0.25, 0.3) is 11.3 Å². The van der Waals surface area contributed by atoms with Crippen LogP contribution in [0.4, 0.5) is 4.39 Å². The number of rotatable bonds is 3. The molecule has 4 rings (SSSR count). The van der Waals surface area contributed by atoms with Gasteiger partial charge in [-0.1, -0.05) is 12.1 Å². The second-order valence-electron chi connectivity index (χ2n) is 6.33. The molecule has 2 aliphatic rings. The molecule has 1 amide bonds. The van der Waals surface area contributed by atoms with E-state index in [1.807, 2.05) is 0 Å². The van der Waals surface area contributed by atoms with Crippen LogP contribution >= 0.6 is 0 Å². The van der Waals surface area contributed by atoms with Crippen molar-refractivity contribution in [3.63, 3.8) is 0 Å². The Hall–Kier alpha value is -2.21. The van der Waals surface area contributed by atoms with Gasteiger partial charge in [0.15, 0.2) is 5.76 Å². The van der Waals surface area contributed by atoms with Gasteiger partial charge in [0.2, 0.25) is 0 Å². The number of halogens is 1. The van der Waals surface area contributed by atoms with E-state index in [0.717, 1.165) is 26.1 Å². The molecule has 3 atom stereocenters. The Bertz CT molecular complexity index is 718. The topological polar surface area (TPSA) is 58.4 Å². The van der Waals surface area contributed by atoms with Gasteiger partial charge in [0.25, 0.3) is 5.89 Å². The van der Waals surface area contributed by atoms with E-state index in [4.69, 9.17) is 4.42 Å². The lowest BCUT2D eigenvalue weighted by Crippen LogP contribution is -2.47. The summed E-state index contributed by atoms with van der Waals surface area (Å²) >= 11 is 0. The second-order valence-corrected chi connectivity index (χ2v) is 6.33. The maximum Gasteiger partial charge on any atom is 0.307 e. The fourth-order valence-corrected chi connectivity index (χ4v) is 3.58. The quantitative estimate of drug-likeness (QED) is 0.944. The summed E-state index contributed by atoms with van der Waals surface area (Å²) in [6.45, 7) is 3.14. The summed E-state index contributed by atoms with van der Waals surface area (Å²) in [4.78, 5) is 18.7. The van der Waals surface area contributed by atoms with Gasteiger partial charge in [-0.2, -0.15) is 0 Å². The summed E-state index contributed by atoms with van der Waals surface area (Å²) in [5, 5.41) is 2.98. The zero-order valence-corrected chi connectivity index (χ0v) is 12.7. The lowest BCUT2D eigenvalue weighted by Gasteiger charge is -2.30. The van der Waals surface area contributed by atoms with Gasteiger partial charge >= 0.3 is 5.91 Å². The van der Waals surface area contributed by atoms with Crippen LogP contribution in [0.2, 0.25) is 0 Å². The average Bonchev–Trinajstić information content (AvgIpc) is 3.15. The van der Waals surface area contributed by atoms with E-state index in [1.165, 1.54) is 18.7 Å². The highest BCUT2D eigenvalue weighted by Crippen LogP contribution is 2.27. The van der Waals surface area contributed by atoms with Crippen molar-refractivity contribution >= 4 is 5.91 Å². The number of aromatic nitrogens is 1. The van der Waals surface area contributed by atoms with E-state index in [-0.39, 0.29) is 23.6 Å². The third-order valence-electron chi connectivity index (χ3n) is 4.64. The number of amides is 1. The highest BCUT2D eigenvalue weighted by molar-refractivity contribution is 5.90. The van der Waals surface area contributed by atoms with E-state index in [2.05, 4.69) is 15.2 Å². The molecular formula is C17H18FN3O2. The molecule has 2 aliphatic heterocycles. The van der Waals surface area contributed by atoms with Gasteiger partial charge in [-0.3, -0.25) is 4.79 Å². The number of carbonyl (C=O) groups excluding carboxylic acids is 1. The molecule has 2 fully saturated rings. The fraction of sp³-hybridized carbons (Fsp3) is 0.412. The van der Waals surface area contributed by atoms with Crippen LogP contribution in [0.5, 0.6) is 0 Å². The first-order valence-electron chi connectivity index (χ1n) is 7.93. The van der Waals surface area contributed by atoms with Crippen LogP contribution in [0.3, 0.4) is 0 Å². The van der Waals surface area contributed by atoms with E-state index in [1.54, 1.807) is 18.2 Å². The maximum absolute atomic E-state index is 13.8. The van der Waals surface area contributed by atoms with Crippen molar-refractivity contribution in [1.29, 1.82) is 0 Å². The minimum atomic E-state index is -0.396. The number of nitrogens with zero attached hydrogens (tertiary/aromatic N) is 2. The van der Waals surface area contributed by atoms with Gasteiger partial charge < -0.3 is 14.6 Å². The van der Waals surface area contributed by atoms with Crippen molar-refractivity contribution in [3.8, 4) is 11.3 Å². The molecule has 1 aromatic heterocycles. The highest BCUT2D eigenvalue weighted by atomic mass is 19.1. The predicted octanol–water partition coefficient (Wildman–Crippen LogP) is 2.30. The molecule has 1 aromatic carbocycles. The van der Waals surface area contributed by atoms with Crippen LogP contribution in [0.1, 0.15) is 23.5 Å². The number of oxazole rings is 1. The Kier molecular flexibility index (Phi) is 3.61. The zero-order valence-electron chi connectivity index (χ0n) is 12.7. The molecule has 23 heavy (non-hydrogen) atoms. The molecule has 0 radical (unpaired) electrons. The number of piperidine rings is 1. The largest absolute Gasteiger partial charge is 0.432 e. The van der Waals surface area contributed by atoms with Gasteiger partial charge in [0, 0.05) is 19.1 Å². The number of hydrogen-bond donors (Lipinski definition) is 1. The van der Waals surface area contributed by atoms with Gasteiger partial charge in [-0.05, 0) is 37.4 Å². The molecular weight excluding hydrogens is 297 g/mol. The van der Waals surface area contributed by atoms with Crippen molar-refractivity contribution < 1.29 is 13.6 Å². The summed E-state index contributed by atoms with van der Waals surface area (Å²) in [7, 11) is 0. The van der Waals surface area contributed by atoms with E-state index in [0.29, 0.717) is 11.5 Å². The van der Waals surface area contributed by atoms with Crippen LogP contribution < -0.4 is 5.32 Å². The molecule has 1 N–H and O–H groups in total. The van der Waals surface area contributed by atoms with E-state index >= 15 is 0 Å².